The fourth-order valence-electron chi connectivity index (χ4n) is 7.61. The second-order valence-corrected chi connectivity index (χ2v) is 14.9. The van der Waals surface area contributed by atoms with Gasteiger partial charge in [0.15, 0.2) is 0 Å². The van der Waals surface area contributed by atoms with Crippen LogP contribution in [0.5, 0.6) is 0 Å². The quantitative estimate of drug-likeness (QED) is 0.121. The maximum absolute atomic E-state index is 13.8. The molecule has 4 aliphatic heterocycles. The number of aliphatic hydroxyl groups excluding tert-OH is 1. The lowest BCUT2D eigenvalue weighted by atomic mass is 9.79. The third-order valence-electron chi connectivity index (χ3n) is 10.3. The van der Waals surface area contributed by atoms with Crippen LogP contribution in [0.4, 0.5) is 22.0 Å². The number of thioether (sulfide) groups is 1. The van der Waals surface area contributed by atoms with E-state index >= 15 is 0 Å². The second-order valence-electron chi connectivity index (χ2n) is 13.6. The summed E-state index contributed by atoms with van der Waals surface area (Å²) in [5.74, 6) is -1.16. The molecule has 2 amide bonds. The molecule has 4 aliphatic rings. The zero-order valence-corrected chi connectivity index (χ0v) is 29.7. The van der Waals surface area contributed by atoms with E-state index in [1.54, 1.807) is 30.2 Å². The Morgan fingerprint density at radius 1 is 0.981 bits per heavy atom. The first-order valence-corrected chi connectivity index (χ1v) is 18.0. The van der Waals surface area contributed by atoms with Crippen molar-refractivity contribution in [1.82, 2.24) is 19.6 Å². The van der Waals surface area contributed by atoms with Crippen molar-refractivity contribution in [1.29, 1.82) is 0 Å². The number of carbonyl (C=O) groups excluding carboxylic acids is 3. The van der Waals surface area contributed by atoms with Crippen molar-refractivity contribution in [3.05, 3.63) is 103 Å². The highest BCUT2D eigenvalue weighted by molar-refractivity contribution is 8.03. The minimum Gasteiger partial charge on any atom is -0.456 e. The normalized spacial score (nSPS) is 23.8. The molecule has 0 aliphatic carbocycles. The molecule has 278 valence electrons. The van der Waals surface area contributed by atoms with Gasteiger partial charge in [-0.15, -0.1) is 11.8 Å². The Morgan fingerprint density at radius 3 is 2.21 bits per heavy atom. The zero-order valence-electron chi connectivity index (χ0n) is 28.8. The van der Waals surface area contributed by atoms with Gasteiger partial charge in [0.05, 0.1) is 46.7 Å². The largest absolute Gasteiger partial charge is 0.456 e. The lowest BCUT2D eigenvalue weighted by molar-refractivity contribution is -0.385. The summed E-state index contributed by atoms with van der Waals surface area (Å²) in [6.45, 7) is 5.42. The van der Waals surface area contributed by atoms with Crippen LogP contribution in [0.2, 0.25) is 0 Å². The van der Waals surface area contributed by atoms with E-state index in [9.17, 15) is 39.7 Å². The summed E-state index contributed by atoms with van der Waals surface area (Å²) < 4.78 is 13.3. The van der Waals surface area contributed by atoms with Crippen molar-refractivity contribution in [2.75, 3.05) is 24.5 Å². The van der Waals surface area contributed by atoms with Gasteiger partial charge in [-0.25, -0.2) is 14.3 Å². The standard InChI is InChI=1S/C35H37N7O10S/c1-20-30-29(21(2)43)33(44)40(30)31(34(45)51-18-22-3-7-24(8-4-22)41(47)48)32(20)53-27-15-26(16-37-13-14-39-28(37)11-12-36-39)38(17-27)35(46)52-19-23-5-9-25(10-6-23)42(49)50/h3-12,20-21,26-27,29-30,43H,13-19H2,1-2H3/t20-,21-,26+,27+,29-,30-/m1/s1. The minimum atomic E-state index is -0.932. The SMILES string of the molecule is C[C@@H](O)[C@H]1C(=O)N2C(C(=O)OCc3ccc([N+](=O)[O-])cc3)=C(S[C@H]3C[C@@H](CN4CCn5nccc54)N(C(=O)OCc4ccc([N+](=O)[O-])cc4)C3)[C@H](C)[C@H]12. The van der Waals surface area contributed by atoms with Crippen LogP contribution >= 0.6 is 11.8 Å². The van der Waals surface area contributed by atoms with Crippen LogP contribution < -0.4 is 4.90 Å². The predicted molar refractivity (Wildman–Crippen MR) is 189 cm³/mol. The Kier molecular flexibility index (Phi) is 9.82. The molecule has 6 atom stereocenters. The number of aromatic nitrogens is 2. The molecule has 7 rings (SSSR count). The molecule has 18 heteroatoms. The average Bonchev–Trinajstić information content (AvgIpc) is 3.91. The molecule has 0 spiro atoms. The maximum atomic E-state index is 13.8. The smallest absolute Gasteiger partial charge is 0.410 e. The van der Waals surface area contributed by atoms with Gasteiger partial charge in [0.1, 0.15) is 24.7 Å². The number of likely N-dealkylation sites (tertiary alicyclic amines) is 1. The third kappa shape index (κ3) is 6.91. The number of nitro groups is 2. The molecule has 53 heavy (non-hydrogen) atoms. The Hall–Kier alpha value is -5.49. The maximum Gasteiger partial charge on any atom is 0.410 e. The lowest BCUT2D eigenvalue weighted by Crippen LogP contribution is -2.63. The Balaban J connectivity index is 1.11. The third-order valence-corrected chi connectivity index (χ3v) is 11.8. The number of fused-ring (bicyclic) bond motifs is 2. The van der Waals surface area contributed by atoms with Gasteiger partial charge >= 0.3 is 12.1 Å². The summed E-state index contributed by atoms with van der Waals surface area (Å²) in [7, 11) is 0. The summed E-state index contributed by atoms with van der Waals surface area (Å²) in [4.78, 5) is 67.8. The van der Waals surface area contributed by atoms with E-state index < -0.39 is 40.0 Å². The summed E-state index contributed by atoms with van der Waals surface area (Å²) >= 11 is 1.42. The molecule has 0 radical (unpaired) electrons. The average molecular weight is 748 g/mol. The number of non-ortho nitro benzene ring substituents is 2. The Bertz CT molecular complexity index is 1970. The van der Waals surface area contributed by atoms with Crippen LogP contribution in [0.15, 0.2) is 71.4 Å². The van der Waals surface area contributed by atoms with Gasteiger partial charge in [-0.05, 0) is 48.7 Å². The summed E-state index contributed by atoms with van der Waals surface area (Å²) in [5, 5.41) is 36.8. The summed E-state index contributed by atoms with van der Waals surface area (Å²) in [5.41, 5.74) is 1.07. The Labute approximate surface area is 307 Å². The van der Waals surface area contributed by atoms with E-state index in [0.717, 1.165) is 12.4 Å². The molecular formula is C35H37N7O10S. The van der Waals surface area contributed by atoms with Gasteiger partial charge in [0.25, 0.3) is 11.4 Å². The number of ether oxygens (including phenoxy) is 2. The molecule has 0 saturated carbocycles. The van der Waals surface area contributed by atoms with E-state index in [1.807, 2.05) is 17.7 Å². The number of nitrogens with zero attached hydrogens (tertiary/aromatic N) is 7. The van der Waals surface area contributed by atoms with Gasteiger partial charge in [0, 0.05) is 66.0 Å². The highest BCUT2D eigenvalue weighted by atomic mass is 32.2. The van der Waals surface area contributed by atoms with Crippen molar-refractivity contribution >= 4 is 46.9 Å². The van der Waals surface area contributed by atoms with E-state index in [-0.39, 0.29) is 59.9 Å². The second kappa shape index (κ2) is 14.5. The highest BCUT2D eigenvalue weighted by Crippen LogP contribution is 2.52. The van der Waals surface area contributed by atoms with Gasteiger partial charge in [-0.3, -0.25) is 25.0 Å². The number of carbonyl (C=O) groups is 3. The number of β-lactam (4-membered cyclic amide) rings is 1. The molecular weight excluding hydrogens is 710 g/mol. The molecule has 0 unspecified atom stereocenters. The van der Waals surface area contributed by atoms with Crippen molar-refractivity contribution in [3.8, 4) is 0 Å². The first-order valence-electron chi connectivity index (χ1n) is 17.2. The summed E-state index contributed by atoms with van der Waals surface area (Å²) in [6.07, 6.45) is 0.793. The predicted octanol–water partition coefficient (Wildman–Crippen LogP) is 3.84. The monoisotopic (exact) mass is 747 g/mol. The van der Waals surface area contributed by atoms with Crippen LogP contribution in [0.1, 0.15) is 31.4 Å². The van der Waals surface area contributed by atoms with Crippen molar-refractivity contribution < 1.29 is 38.8 Å². The molecule has 1 aromatic heterocycles. The molecule has 3 aromatic rings. The first kappa shape index (κ1) is 35.9. The minimum absolute atomic E-state index is 0.0688. The number of hydrogen-bond acceptors (Lipinski definition) is 13. The summed E-state index contributed by atoms with van der Waals surface area (Å²) in [6, 6.07) is 12.6. The molecule has 5 heterocycles. The first-order chi connectivity index (χ1) is 25.4. The van der Waals surface area contributed by atoms with E-state index in [4.69, 9.17) is 9.47 Å². The zero-order chi connectivity index (χ0) is 37.6. The lowest BCUT2D eigenvalue weighted by Gasteiger charge is -2.46. The van der Waals surface area contributed by atoms with Crippen LogP contribution in [0, 0.1) is 32.1 Å². The van der Waals surface area contributed by atoms with E-state index in [1.165, 1.54) is 53.1 Å². The number of amides is 2. The fraction of sp³-hybridized carbons (Fsp3) is 0.429. The number of hydrogen-bond donors (Lipinski definition) is 1. The number of aliphatic hydroxyl groups is 1. The number of nitro benzene ring substituents is 2. The van der Waals surface area contributed by atoms with Gasteiger partial charge in [-0.1, -0.05) is 6.92 Å². The Morgan fingerprint density at radius 2 is 1.60 bits per heavy atom. The van der Waals surface area contributed by atoms with Crippen molar-refractivity contribution in [2.45, 2.75) is 63.5 Å². The highest BCUT2D eigenvalue weighted by Gasteiger charge is 2.60. The van der Waals surface area contributed by atoms with Crippen LogP contribution in [-0.4, -0.2) is 95.6 Å². The van der Waals surface area contributed by atoms with Crippen molar-refractivity contribution in [2.24, 2.45) is 11.8 Å². The number of benzene rings is 2. The molecule has 2 fully saturated rings. The number of esters is 1. The van der Waals surface area contributed by atoms with Gasteiger partial charge < -0.3 is 29.3 Å². The number of rotatable bonds is 12. The van der Waals surface area contributed by atoms with Gasteiger partial charge in [-0.2, -0.15) is 5.10 Å². The molecule has 0 bridgehead atoms. The van der Waals surface area contributed by atoms with Crippen molar-refractivity contribution in [3.63, 3.8) is 0 Å². The van der Waals surface area contributed by atoms with E-state index in [0.29, 0.717) is 35.5 Å². The molecule has 1 N–H and O–H groups in total. The van der Waals surface area contributed by atoms with Gasteiger partial charge in [0.2, 0.25) is 5.91 Å². The van der Waals surface area contributed by atoms with Crippen LogP contribution in [-0.2, 0) is 38.8 Å². The molecule has 2 aromatic carbocycles. The van der Waals surface area contributed by atoms with Crippen LogP contribution in [0.25, 0.3) is 0 Å². The fourth-order valence-corrected chi connectivity index (χ4v) is 9.17. The topological polar surface area (TPSA) is 204 Å². The van der Waals surface area contributed by atoms with Crippen LogP contribution in [0.3, 0.4) is 0 Å². The van der Waals surface area contributed by atoms with E-state index in [2.05, 4.69) is 10.00 Å². The number of anilines is 1. The molecule has 17 nitrogen and oxygen atoms in total. The molecule has 2 saturated heterocycles.